The van der Waals surface area contributed by atoms with E-state index in [1.54, 1.807) is 0 Å². The number of nitrogens with zero attached hydrogens (tertiary/aromatic N) is 1. The van der Waals surface area contributed by atoms with Gasteiger partial charge in [0.2, 0.25) is 0 Å². The summed E-state index contributed by atoms with van der Waals surface area (Å²) in [4.78, 5) is 14.1. The molecule has 0 radical (unpaired) electrons. The monoisotopic (exact) mass is 287 g/mol. The summed E-state index contributed by atoms with van der Waals surface area (Å²) in [5.74, 6) is 0.0771. The van der Waals surface area contributed by atoms with Crippen molar-refractivity contribution in [2.24, 2.45) is 5.92 Å². The van der Waals surface area contributed by atoms with E-state index in [0.29, 0.717) is 6.61 Å². The fourth-order valence-corrected chi connectivity index (χ4v) is 2.82. The van der Waals surface area contributed by atoms with E-state index in [4.69, 9.17) is 4.74 Å². The van der Waals surface area contributed by atoms with Crippen LogP contribution >= 0.6 is 0 Å². The van der Waals surface area contributed by atoms with Gasteiger partial charge in [0.25, 0.3) is 0 Å². The highest BCUT2D eigenvalue weighted by molar-refractivity contribution is 5.72. The van der Waals surface area contributed by atoms with Crippen molar-refractivity contribution in [1.29, 1.82) is 0 Å². The van der Waals surface area contributed by atoms with Crippen molar-refractivity contribution in [3.63, 3.8) is 0 Å². The van der Waals surface area contributed by atoms with Gasteiger partial charge in [-0.05, 0) is 45.3 Å². The molecule has 0 N–H and O–H groups in total. The molecule has 1 aromatic rings. The predicted molar refractivity (Wildman–Crippen MR) is 85.9 cm³/mol. The quantitative estimate of drug-likeness (QED) is 0.778. The van der Waals surface area contributed by atoms with Gasteiger partial charge >= 0.3 is 5.97 Å². The van der Waals surface area contributed by atoms with Crippen LogP contribution in [0.2, 0.25) is 0 Å². The summed E-state index contributed by atoms with van der Waals surface area (Å²) in [7, 11) is 0. The van der Waals surface area contributed by atoms with E-state index in [1.165, 1.54) is 11.1 Å². The van der Waals surface area contributed by atoms with Crippen LogP contribution in [-0.2, 0) is 9.53 Å². The van der Waals surface area contributed by atoms with Crippen LogP contribution in [0.3, 0.4) is 0 Å². The fraction of sp³-hybridized carbons (Fsp3) is 0.500. The molecule has 21 heavy (non-hydrogen) atoms. The van der Waals surface area contributed by atoms with Crippen molar-refractivity contribution in [2.45, 2.75) is 26.7 Å². The zero-order valence-electron chi connectivity index (χ0n) is 13.0. The normalized spacial score (nSPS) is 17.7. The van der Waals surface area contributed by atoms with E-state index < -0.39 is 0 Å². The smallest absolute Gasteiger partial charge is 0.309 e. The predicted octanol–water partition coefficient (Wildman–Crippen LogP) is 3.37. The number of esters is 1. The van der Waals surface area contributed by atoms with E-state index in [1.807, 2.05) is 13.0 Å². The van der Waals surface area contributed by atoms with Crippen LogP contribution in [0.1, 0.15) is 32.3 Å². The third-order valence-corrected chi connectivity index (χ3v) is 3.89. The molecule has 1 aromatic carbocycles. The van der Waals surface area contributed by atoms with E-state index in [0.717, 1.165) is 32.5 Å². The van der Waals surface area contributed by atoms with Crippen molar-refractivity contribution in [3.8, 4) is 0 Å². The maximum atomic E-state index is 11.7. The Bertz CT molecular complexity index is 473. The molecule has 0 atom stereocenters. The van der Waals surface area contributed by atoms with Gasteiger partial charge in [0, 0.05) is 6.54 Å². The van der Waals surface area contributed by atoms with Gasteiger partial charge in [-0.1, -0.05) is 42.0 Å². The van der Waals surface area contributed by atoms with Crippen LogP contribution in [-0.4, -0.2) is 37.1 Å². The molecule has 2 rings (SSSR count). The minimum atomic E-state index is -0.0197. The molecule has 114 valence electrons. The molecule has 1 saturated heterocycles. The Balaban J connectivity index is 1.81. The maximum absolute atomic E-state index is 11.7. The van der Waals surface area contributed by atoms with Gasteiger partial charge in [0.05, 0.1) is 12.5 Å². The zero-order chi connectivity index (χ0) is 15.1. The second-order valence-corrected chi connectivity index (χ2v) is 5.70. The van der Waals surface area contributed by atoms with Gasteiger partial charge in [-0.2, -0.15) is 0 Å². The van der Waals surface area contributed by atoms with E-state index >= 15 is 0 Å². The average molecular weight is 287 g/mol. The number of carbonyl (C=O) groups excluding carboxylic acids is 1. The molecule has 0 aromatic heterocycles. The fourth-order valence-electron chi connectivity index (χ4n) is 2.82. The van der Waals surface area contributed by atoms with Crippen LogP contribution < -0.4 is 0 Å². The first-order chi connectivity index (χ1) is 10.2. The summed E-state index contributed by atoms with van der Waals surface area (Å²) in [6, 6.07) is 10.4. The summed E-state index contributed by atoms with van der Waals surface area (Å²) in [6.45, 7) is 7.45. The van der Waals surface area contributed by atoms with Gasteiger partial charge in [-0.25, -0.2) is 0 Å². The number of piperidine rings is 1. The van der Waals surface area contributed by atoms with Gasteiger partial charge in [0.1, 0.15) is 0 Å². The molecule has 0 spiro atoms. The second-order valence-electron chi connectivity index (χ2n) is 5.70. The largest absolute Gasteiger partial charge is 0.466 e. The molecule has 1 aliphatic rings. The highest BCUT2D eigenvalue weighted by atomic mass is 16.5. The lowest BCUT2D eigenvalue weighted by molar-refractivity contribution is -0.149. The van der Waals surface area contributed by atoms with Crippen molar-refractivity contribution < 1.29 is 9.53 Å². The summed E-state index contributed by atoms with van der Waals surface area (Å²) in [5, 5.41) is 0. The van der Waals surface area contributed by atoms with Crippen LogP contribution in [0, 0.1) is 5.92 Å². The number of hydrogen-bond donors (Lipinski definition) is 0. The Labute approximate surface area is 127 Å². The number of rotatable bonds is 5. The standard InChI is InChI=1S/C18H25NO2/c1-3-21-18(20)17-9-11-19(12-10-17)14-15(2)13-16-7-5-4-6-8-16/h4-8,13,17H,3,9-12,14H2,1-2H3/b15-13+. The molecule has 1 aliphatic heterocycles. The zero-order valence-corrected chi connectivity index (χ0v) is 13.0. The Morgan fingerprint density at radius 2 is 1.95 bits per heavy atom. The van der Waals surface area contributed by atoms with E-state index in [2.05, 4.69) is 42.2 Å². The SMILES string of the molecule is CCOC(=O)C1CCN(C/C(C)=C/c2ccccc2)CC1. The lowest BCUT2D eigenvalue weighted by atomic mass is 9.96. The van der Waals surface area contributed by atoms with Crippen LogP contribution in [0.15, 0.2) is 35.9 Å². The summed E-state index contributed by atoms with van der Waals surface area (Å²) >= 11 is 0. The van der Waals surface area contributed by atoms with Crippen molar-refractivity contribution >= 4 is 12.0 Å². The van der Waals surface area contributed by atoms with Crippen LogP contribution in [0.5, 0.6) is 0 Å². The summed E-state index contributed by atoms with van der Waals surface area (Å²) in [5.41, 5.74) is 2.60. The maximum Gasteiger partial charge on any atom is 0.309 e. The van der Waals surface area contributed by atoms with Gasteiger partial charge < -0.3 is 4.74 Å². The van der Waals surface area contributed by atoms with Gasteiger partial charge in [-0.15, -0.1) is 0 Å². The second kappa shape index (κ2) is 7.99. The van der Waals surface area contributed by atoms with Crippen LogP contribution in [0.25, 0.3) is 6.08 Å². The summed E-state index contributed by atoms with van der Waals surface area (Å²) < 4.78 is 5.11. The third-order valence-electron chi connectivity index (χ3n) is 3.89. The Morgan fingerprint density at radius 1 is 1.29 bits per heavy atom. The molecule has 1 heterocycles. The minimum Gasteiger partial charge on any atom is -0.466 e. The van der Waals surface area contributed by atoms with E-state index in [-0.39, 0.29) is 11.9 Å². The van der Waals surface area contributed by atoms with Crippen molar-refractivity contribution in [3.05, 3.63) is 41.5 Å². The van der Waals surface area contributed by atoms with Crippen molar-refractivity contribution in [2.75, 3.05) is 26.2 Å². The Morgan fingerprint density at radius 3 is 2.57 bits per heavy atom. The summed E-state index contributed by atoms with van der Waals surface area (Å²) in [6.07, 6.45) is 4.06. The highest BCUT2D eigenvalue weighted by Crippen LogP contribution is 2.19. The molecule has 0 unspecified atom stereocenters. The molecular formula is C18H25NO2. The molecule has 0 amide bonds. The van der Waals surface area contributed by atoms with E-state index in [9.17, 15) is 4.79 Å². The first-order valence-electron chi connectivity index (χ1n) is 7.80. The molecule has 3 heteroatoms. The number of ether oxygens (including phenoxy) is 1. The molecule has 3 nitrogen and oxygen atoms in total. The number of hydrogen-bond acceptors (Lipinski definition) is 3. The highest BCUT2D eigenvalue weighted by Gasteiger charge is 2.25. The lowest BCUT2D eigenvalue weighted by Gasteiger charge is -2.31. The van der Waals surface area contributed by atoms with Crippen LogP contribution in [0.4, 0.5) is 0 Å². The van der Waals surface area contributed by atoms with Gasteiger partial charge in [-0.3, -0.25) is 9.69 Å². The van der Waals surface area contributed by atoms with Crippen molar-refractivity contribution in [1.82, 2.24) is 4.90 Å². The number of carbonyl (C=O) groups is 1. The molecular weight excluding hydrogens is 262 g/mol. The molecule has 1 fully saturated rings. The first-order valence-corrected chi connectivity index (χ1v) is 7.80. The molecule has 0 bridgehead atoms. The lowest BCUT2D eigenvalue weighted by Crippen LogP contribution is -2.37. The number of benzene rings is 1. The molecule has 0 aliphatic carbocycles. The van der Waals surface area contributed by atoms with Gasteiger partial charge in [0.15, 0.2) is 0 Å². The first kappa shape index (κ1) is 15.8. The average Bonchev–Trinajstić information content (AvgIpc) is 2.49. The third kappa shape index (κ3) is 5.01. The Hall–Kier alpha value is -1.61. The minimum absolute atomic E-state index is 0.0197. The topological polar surface area (TPSA) is 29.5 Å². The molecule has 0 saturated carbocycles. The number of likely N-dealkylation sites (tertiary alicyclic amines) is 1. The Kier molecular flexibility index (Phi) is 6.00.